The van der Waals surface area contributed by atoms with Gasteiger partial charge in [0.2, 0.25) is 11.8 Å². The number of carbonyl (C=O) groups is 3. The molecule has 71 heavy (non-hydrogen) atoms. The van der Waals surface area contributed by atoms with E-state index < -0.39 is 18.1 Å². The molecule has 3 aliphatic heterocycles. The average Bonchev–Trinajstić information content (AvgIpc) is 4.11. The maximum absolute atomic E-state index is 14.2. The summed E-state index contributed by atoms with van der Waals surface area (Å²) in [6.07, 6.45) is 2.13. The van der Waals surface area contributed by atoms with Crippen LogP contribution in [0.3, 0.4) is 0 Å². The molecule has 19 nitrogen and oxygen atoms in total. The van der Waals surface area contributed by atoms with Crippen LogP contribution in [0, 0.1) is 12.8 Å². The summed E-state index contributed by atoms with van der Waals surface area (Å²) < 4.78 is 24.0. The van der Waals surface area contributed by atoms with Crippen LogP contribution in [0.5, 0.6) is 11.6 Å². The minimum Gasteiger partial charge on any atom is -0.507 e. The molecule has 3 saturated heterocycles. The van der Waals surface area contributed by atoms with E-state index in [1.807, 2.05) is 69.6 Å². The van der Waals surface area contributed by atoms with E-state index in [-0.39, 0.29) is 72.8 Å². The van der Waals surface area contributed by atoms with Gasteiger partial charge in [0, 0.05) is 83.3 Å². The molecule has 2 aromatic carbocycles. The average molecular weight is 993 g/mol. The smallest absolute Gasteiger partial charge is 0.410 e. The number of nitrogen functional groups attached to an aromatic ring is 1. The highest BCUT2D eigenvalue weighted by Crippen LogP contribution is 2.36. The first kappa shape index (κ1) is 49.6. The third kappa shape index (κ3) is 11.6. The van der Waals surface area contributed by atoms with E-state index in [1.54, 1.807) is 40.5 Å². The summed E-state index contributed by atoms with van der Waals surface area (Å²) in [6, 6.07) is 17.3. The van der Waals surface area contributed by atoms with Gasteiger partial charge in [0.15, 0.2) is 11.6 Å². The number of aromatic hydroxyl groups is 1. The number of nitrogens with zero attached hydrogens (tertiary/aromatic N) is 8. The number of hydrogen-bond donors (Lipinski definition) is 4. The van der Waals surface area contributed by atoms with Gasteiger partial charge < -0.3 is 54.7 Å². The van der Waals surface area contributed by atoms with Gasteiger partial charge in [0.1, 0.15) is 30.4 Å². The number of para-hydroxylation sites is 1. The summed E-state index contributed by atoms with van der Waals surface area (Å²) in [4.78, 5) is 54.0. The van der Waals surface area contributed by atoms with E-state index in [0.717, 1.165) is 47.6 Å². The second-order valence-electron chi connectivity index (χ2n) is 19.4. The first-order valence-electron chi connectivity index (χ1n) is 24.7. The van der Waals surface area contributed by atoms with Gasteiger partial charge in [-0.1, -0.05) is 50.2 Å². The van der Waals surface area contributed by atoms with Crippen LogP contribution in [0.25, 0.3) is 21.7 Å². The number of amides is 3. The van der Waals surface area contributed by atoms with Crippen molar-refractivity contribution in [3.63, 3.8) is 0 Å². The Morgan fingerprint density at radius 3 is 2.38 bits per heavy atom. The number of aromatic nitrogens is 4. The first-order chi connectivity index (χ1) is 34.3. The molecule has 3 aromatic heterocycles. The number of anilines is 2. The number of aliphatic hydroxyl groups excluding tert-OH is 1. The van der Waals surface area contributed by atoms with Gasteiger partial charge in [0.25, 0.3) is 5.88 Å². The number of phenolic OH excluding ortho intramolecular Hbond substituents is 1. The number of phenols is 1. The van der Waals surface area contributed by atoms with E-state index in [1.165, 1.54) is 4.90 Å². The number of ether oxygens (including phenoxy) is 3. The highest BCUT2D eigenvalue weighted by Gasteiger charge is 2.44. The lowest BCUT2D eigenvalue weighted by Crippen LogP contribution is -2.51. The third-order valence-corrected chi connectivity index (χ3v) is 15.1. The van der Waals surface area contributed by atoms with Crippen LogP contribution in [0.4, 0.5) is 16.3 Å². The summed E-state index contributed by atoms with van der Waals surface area (Å²) in [6.45, 7) is 12.6. The van der Waals surface area contributed by atoms with Crippen LogP contribution >= 0.6 is 11.3 Å². The number of aryl methyl sites for hydroxylation is 1. The molecule has 4 atom stereocenters. The lowest BCUT2D eigenvalue weighted by molar-refractivity contribution is -0.141. The summed E-state index contributed by atoms with van der Waals surface area (Å²) in [5, 5.41) is 36.5. The molecular formula is C51H64N10O9S. The molecule has 4 fully saturated rings. The van der Waals surface area contributed by atoms with Crippen LogP contribution in [0.1, 0.15) is 81.9 Å². The Labute approximate surface area is 417 Å². The molecule has 0 unspecified atom stereocenters. The third-order valence-electron chi connectivity index (χ3n) is 14.1. The predicted molar refractivity (Wildman–Crippen MR) is 266 cm³/mol. The number of aliphatic hydroxyl groups is 1. The number of nitrogens with two attached hydrogens (primary N) is 1. The lowest BCUT2D eigenvalue weighted by atomic mass is 9.91. The van der Waals surface area contributed by atoms with E-state index >= 15 is 0 Å². The molecular weight excluding hydrogens is 929 g/mol. The van der Waals surface area contributed by atoms with Gasteiger partial charge in [-0.3, -0.25) is 14.5 Å². The zero-order valence-electron chi connectivity index (χ0n) is 40.7. The minimum atomic E-state index is -0.837. The fourth-order valence-electron chi connectivity index (χ4n) is 9.96. The second kappa shape index (κ2) is 22.0. The number of piperidine rings is 1. The SMILES string of the molecule is Cc1ncsc1-c1ccc([C@H](C)NC(=O)[C@@H]2C[C@@H](O)CN2C(=O)[C@@H](c2cc(OCCN3CCC(OC4CC(OC(=O)N5CCN(c6cc(-c7ccccc7O)nnc6N)CC5)C4)CC3)no2)C(C)C)cc1. The van der Waals surface area contributed by atoms with Gasteiger partial charge in [-0.2, -0.15) is 0 Å². The quantitative estimate of drug-likeness (QED) is 0.0917. The topological polar surface area (TPSA) is 235 Å². The molecule has 0 bridgehead atoms. The predicted octanol–water partition coefficient (Wildman–Crippen LogP) is 5.78. The molecule has 0 spiro atoms. The highest BCUT2D eigenvalue weighted by molar-refractivity contribution is 7.13. The number of carbonyl (C=O) groups excluding carboxylic acids is 3. The van der Waals surface area contributed by atoms with Gasteiger partial charge in [-0.25, -0.2) is 9.78 Å². The van der Waals surface area contributed by atoms with Crippen molar-refractivity contribution in [2.45, 2.75) is 102 Å². The Balaban J connectivity index is 0.669. The Bertz CT molecular complexity index is 2620. The fraction of sp³-hybridized carbons (Fsp3) is 0.510. The molecule has 1 aliphatic carbocycles. The number of hydrogen-bond acceptors (Lipinski definition) is 17. The Kier molecular flexibility index (Phi) is 15.4. The van der Waals surface area contributed by atoms with Crippen molar-refractivity contribution in [2.75, 3.05) is 69.6 Å². The number of likely N-dealkylation sites (tertiary alicyclic amines) is 2. The molecule has 0 radical (unpaired) electrons. The van der Waals surface area contributed by atoms with E-state index in [2.05, 4.69) is 35.5 Å². The van der Waals surface area contributed by atoms with Gasteiger partial charge in [0.05, 0.1) is 51.8 Å². The van der Waals surface area contributed by atoms with Gasteiger partial charge in [-0.05, 0) is 67.1 Å². The molecule has 3 amide bonds. The molecule has 6 heterocycles. The summed E-state index contributed by atoms with van der Waals surface area (Å²) in [7, 11) is 0. The maximum atomic E-state index is 14.2. The van der Waals surface area contributed by atoms with Crippen LogP contribution < -0.4 is 20.7 Å². The Morgan fingerprint density at radius 1 is 0.930 bits per heavy atom. The van der Waals surface area contributed by atoms with Gasteiger partial charge >= 0.3 is 6.09 Å². The lowest BCUT2D eigenvalue weighted by Gasteiger charge is -2.41. The summed E-state index contributed by atoms with van der Waals surface area (Å²) >= 11 is 1.59. The molecule has 9 rings (SSSR count). The highest BCUT2D eigenvalue weighted by atomic mass is 32.1. The minimum absolute atomic E-state index is 0.0442. The van der Waals surface area contributed by atoms with E-state index in [0.29, 0.717) is 80.7 Å². The van der Waals surface area contributed by atoms with Gasteiger partial charge in [-0.15, -0.1) is 21.5 Å². The van der Waals surface area contributed by atoms with Crippen molar-refractivity contribution in [1.82, 2.24) is 40.4 Å². The zero-order chi connectivity index (χ0) is 49.8. The van der Waals surface area contributed by atoms with Crippen LogP contribution in [0.15, 0.2) is 70.7 Å². The molecule has 1 saturated carbocycles. The van der Waals surface area contributed by atoms with Crippen molar-refractivity contribution in [2.24, 2.45) is 5.92 Å². The number of benzene rings is 2. The summed E-state index contributed by atoms with van der Waals surface area (Å²) in [5.41, 5.74) is 12.8. The molecule has 378 valence electrons. The molecule has 4 aliphatic rings. The zero-order valence-corrected chi connectivity index (χ0v) is 41.5. The Hall–Kier alpha value is -6.35. The Morgan fingerprint density at radius 2 is 1.68 bits per heavy atom. The fourth-order valence-corrected chi connectivity index (χ4v) is 10.8. The van der Waals surface area contributed by atoms with Crippen molar-refractivity contribution in [3.05, 3.63) is 83.2 Å². The van der Waals surface area contributed by atoms with E-state index in [4.69, 9.17) is 24.5 Å². The standard InChI is InChI=1S/C51H64N10O9S/c1-30(2)46(50(65)61-28-35(62)23-42(61)49(64)54-31(3)33-9-11-34(12-10-33)47-32(4)53-29-71-47)44-27-45(57-70-44)67-22-21-58-15-13-36(14-16-58)68-37-24-38(25-37)69-51(66)60-19-17-59(18-20-60)41-26-40(55-56-48(41)52)39-7-5-6-8-43(39)63/h5-12,26-27,29-31,35-38,42,46,62-63H,13-25,28H2,1-4H3,(H2,52,56)(H,54,64)/t31-,35+,37?,38?,42-,46+/m0/s1. The normalized spacial score (nSPS) is 21.7. The van der Waals surface area contributed by atoms with Crippen molar-refractivity contribution in [1.29, 1.82) is 0 Å². The maximum Gasteiger partial charge on any atom is 0.410 e. The van der Waals surface area contributed by atoms with Crippen LogP contribution in [-0.4, -0.2) is 153 Å². The number of piperazine rings is 1. The number of β-amino-alcohol motifs (C(OH)–C–C–N with tert-alkyl or cyclic N) is 1. The van der Waals surface area contributed by atoms with Crippen LogP contribution in [0.2, 0.25) is 0 Å². The largest absolute Gasteiger partial charge is 0.507 e. The monoisotopic (exact) mass is 992 g/mol. The number of thiazole rings is 1. The van der Waals surface area contributed by atoms with Crippen molar-refractivity contribution in [3.8, 4) is 33.3 Å². The van der Waals surface area contributed by atoms with Crippen LogP contribution in [-0.2, 0) is 19.1 Å². The van der Waals surface area contributed by atoms with E-state index in [9.17, 15) is 24.6 Å². The van der Waals surface area contributed by atoms with Crippen molar-refractivity contribution < 1.29 is 43.3 Å². The number of rotatable bonds is 16. The molecule has 20 heteroatoms. The first-order valence-corrected chi connectivity index (χ1v) is 25.5. The summed E-state index contributed by atoms with van der Waals surface area (Å²) in [5.74, 6) is -0.511. The van der Waals surface area contributed by atoms with Crippen molar-refractivity contribution >= 4 is 40.7 Å². The molecule has 5 N–H and O–H groups in total. The molecule has 5 aromatic rings. The second-order valence-corrected chi connectivity index (χ2v) is 20.3. The number of nitrogens with one attached hydrogen (secondary N) is 1.